The van der Waals surface area contributed by atoms with Crippen molar-refractivity contribution < 1.29 is 13.9 Å². The molecule has 0 radical (unpaired) electrons. The van der Waals surface area contributed by atoms with E-state index in [-0.39, 0.29) is 6.42 Å². The zero-order chi connectivity index (χ0) is 15.0. The standard InChI is InChI=1S/C17H14F2OS/c1-17(20,10-12-6-7-13(18)9-14(12)19)16-8-11-4-2-3-5-15(11)21-16/h2-9,20H,10H2,1H3. The Labute approximate surface area is 125 Å². The van der Waals surface area contributed by atoms with Gasteiger partial charge in [0.15, 0.2) is 0 Å². The molecule has 3 aromatic rings. The minimum atomic E-state index is -1.19. The Morgan fingerprint density at radius 2 is 1.86 bits per heavy atom. The van der Waals surface area contributed by atoms with Crippen LogP contribution in [-0.2, 0) is 12.0 Å². The first-order valence-corrected chi connectivity index (χ1v) is 7.43. The van der Waals surface area contributed by atoms with E-state index >= 15 is 0 Å². The first kappa shape index (κ1) is 14.2. The molecule has 3 rings (SSSR count). The van der Waals surface area contributed by atoms with Gasteiger partial charge in [-0.05, 0) is 36.1 Å². The third-order valence-corrected chi connectivity index (χ3v) is 4.88. The number of benzene rings is 2. The molecule has 1 aromatic heterocycles. The fourth-order valence-electron chi connectivity index (χ4n) is 2.37. The SMILES string of the molecule is CC(O)(Cc1ccc(F)cc1F)c1cc2ccccc2s1. The highest BCUT2D eigenvalue weighted by molar-refractivity contribution is 7.19. The molecule has 1 unspecified atom stereocenters. The molecule has 21 heavy (non-hydrogen) atoms. The van der Waals surface area contributed by atoms with Gasteiger partial charge in [-0.15, -0.1) is 11.3 Å². The fourth-order valence-corrected chi connectivity index (χ4v) is 3.48. The van der Waals surface area contributed by atoms with E-state index in [0.29, 0.717) is 5.56 Å². The van der Waals surface area contributed by atoms with Crippen LogP contribution in [0.25, 0.3) is 10.1 Å². The second-order valence-electron chi connectivity index (χ2n) is 5.33. The summed E-state index contributed by atoms with van der Waals surface area (Å²) in [7, 11) is 0. The summed E-state index contributed by atoms with van der Waals surface area (Å²) in [6, 6.07) is 13.2. The van der Waals surface area contributed by atoms with Gasteiger partial charge in [-0.1, -0.05) is 24.3 Å². The first-order chi connectivity index (χ1) is 9.95. The molecular formula is C17H14F2OS. The third kappa shape index (κ3) is 2.82. The lowest BCUT2D eigenvalue weighted by Crippen LogP contribution is -2.23. The van der Waals surface area contributed by atoms with Crippen LogP contribution >= 0.6 is 11.3 Å². The van der Waals surface area contributed by atoms with Crippen molar-refractivity contribution in [3.63, 3.8) is 0 Å². The van der Waals surface area contributed by atoms with E-state index in [1.165, 1.54) is 23.5 Å². The number of rotatable bonds is 3. The summed E-state index contributed by atoms with van der Waals surface area (Å²) in [4.78, 5) is 0.771. The van der Waals surface area contributed by atoms with Crippen LogP contribution < -0.4 is 0 Å². The number of fused-ring (bicyclic) bond motifs is 1. The Bertz CT molecular complexity index is 759. The lowest BCUT2D eigenvalue weighted by atomic mass is 9.94. The molecule has 108 valence electrons. The van der Waals surface area contributed by atoms with Crippen LogP contribution in [-0.4, -0.2) is 5.11 Å². The second kappa shape index (κ2) is 5.20. The lowest BCUT2D eigenvalue weighted by Gasteiger charge is -2.22. The molecule has 0 aliphatic heterocycles. The Hall–Kier alpha value is -1.78. The van der Waals surface area contributed by atoms with Gasteiger partial charge in [0.1, 0.15) is 17.2 Å². The first-order valence-electron chi connectivity index (χ1n) is 6.61. The minimum absolute atomic E-state index is 0.103. The number of thiophene rings is 1. The van der Waals surface area contributed by atoms with Crippen LogP contribution in [0, 0.1) is 11.6 Å². The summed E-state index contributed by atoms with van der Waals surface area (Å²) in [5.74, 6) is -1.24. The van der Waals surface area contributed by atoms with Gasteiger partial charge in [-0.3, -0.25) is 0 Å². The van der Waals surface area contributed by atoms with Gasteiger partial charge < -0.3 is 5.11 Å². The highest BCUT2D eigenvalue weighted by atomic mass is 32.1. The van der Waals surface area contributed by atoms with E-state index in [1.807, 2.05) is 30.3 Å². The number of halogens is 2. The number of aliphatic hydroxyl groups is 1. The average molecular weight is 304 g/mol. The Balaban J connectivity index is 1.95. The van der Waals surface area contributed by atoms with E-state index in [4.69, 9.17) is 0 Å². The molecular weight excluding hydrogens is 290 g/mol. The molecule has 1 N–H and O–H groups in total. The third-order valence-electron chi connectivity index (χ3n) is 3.51. The van der Waals surface area contributed by atoms with E-state index in [2.05, 4.69) is 0 Å². The summed E-state index contributed by atoms with van der Waals surface area (Å²) in [5, 5.41) is 11.7. The van der Waals surface area contributed by atoms with Gasteiger partial charge in [0.25, 0.3) is 0 Å². The molecule has 4 heteroatoms. The van der Waals surface area contributed by atoms with Crippen LogP contribution in [0.15, 0.2) is 48.5 Å². The molecule has 2 aromatic carbocycles. The molecule has 0 bridgehead atoms. The molecule has 0 aliphatic carbocycles. The van der Waals surface area contributed by atoms with Crippen molar-refractivity contribution in [3.8, 4) is 0 Å². The highest BCUT2D eigenvalue weighted by Crippen LogP contribution is 2.35. The van der Waals surface area contributed by atoms with Crippen LogP contribution in [0.1, 0.15) is 17.4 Å². The molecule has 0 aliphatic rings. The zero-order valence-electron chi connectivity index (χ0n) is 11.4. The number of hydrogen-bond donors (Lipinski definition) is 1. The molecule has 0 saturated carbocycles. The molecule has 0 spiro atoms. The lowest BCUT2D eigenvalue weighted by molar-refractivity contribution is 0.0606. The summed E-state index contributed by atoms with van der Waals surface area (Å²) in [6.07, 6.45) is 0.103. The smallest absolute Gasteiger partial charge is 0.129 e. The predicted molar refractivity (Wildman–Crippen MR) is 81.5 cm³/mol. The van der Waals surface area contributed by atoms with Gasteiger partial charge >= 0.3 is 0 Å². The van der Waals surface area contributed by atoms with Crippen molar-refractivity contribution >= 4 is 21.4 Å². The van der Waals surface area contributed by atoms with Crippen LogP contribution in [0.5, 0.6) is 0 Å². The maximum absolute atomic E-state index is 13.8. The van der Waals surface area contributed by atoms with Gasteiger partial charge in [-0.2, -0.15) is 0 Å². The van der Waals surface area contributed by atoms with Crippen molar-refractivity contribution in [2.24, 2.45) is 0 Å². The average Bonchev–Trinajstić information content (AvgIpc) is 2.87. The zero-order valence-corrected chi connectivity index (χ0v) is 12.3. The minimum Gasteiger partial charge on any atom is -0.384 e. The van der Waals surface area contributed by atoms with Gasteiger partial charge in [0.2, 0.25) is 0 Å². The quantitative estimate of drug-likeness (QED) is 0.748. The van der Waals surface area contributed by atoms with Crippen LogP contribution in [0.3, 0.4) is 0 Å². The summed E-state index contributed by atoms with van der Waals surface area (Å²) in [5.41, 5.74) is -0.888. The van der Waals surface area contributed by atoms with Gasteiger partial charge in [-0.25, -0.2) is 8.78 Å². The molecule has 1 nitrogen and oxygen atoms in total. The highest BCUT2D eigenvalue weighted by Gasteiger charge is 2.27. The maximum atomic E-state index is 13.8. The fraction of sp³-hybridized carbons (Fsp3) is 0.176. The predicted octanol–water partition coefficient (Wildman–Crippen LogP) is 4.63. The van der Waals surface area contributed by atoms with E-state index < -0.39 is 17.2 Å². The summed E-state index contributed by atoms with van der Waals surface area (Å²) < 4.78 is 27.8. The Morgan fingerprint density at radius 1 is 1.10 bits per heavy atom. The monoisotopic (exact) mass is 304 g/mol. The molecule has 0 saturated heterocycles. The van der Waals surface area contributed by atoms with Crippen molar-refractivity contribution in [3.05, 3.63) is 70.6 Å². The Kier molecular flexibility index (Phi) is 3.51. The normalized spacial score (nSPS) is 14.3. The molecule has 0 amide bonds. The largest absolute Gasteiger partial charge is 0.384 e. The molecule has 0 fully saturated rings. The van der Waals surface area contributed by atoms with Crippen LogP contribution in [0.4, 0.5) is 8.78 Å². The van der Waals surface area contributed by atoms with Gasteiger partial charge in [0, 0.05) is 22.1 Å². The molecule has 1 atom stereocenters. The maximum Gasteiger partial charge on any atom is 0.129 e. The van der Waals surface area contributed by atoms with E-state index in [1.54, 1.807) is 6.92 Å². The van der Waals surface area contributed by atoms with E-state index in [0.717, 1.165) is 21.0 Å². The topological polar surface area (TPSA) is 20.2 Å². The second-order valence-corrected chi connectivity index (χ2v) is 6.42. The van der Waals surface area contributed by atoms with Crippen molar-refractivity contribution in [1.29, 1.82) is 0 Å². The summed E-state index contributed by atoms with van der Waals surface area (Å²) in [6.45, 7) is 1.65. The summed E-state index contributed by atoms with van der Waals surface area (Å²) >= 11 is 1.49. The van der Waals surface area contributed by atoms with Crippen molar-refractivity contribution in [2.45, 2.75) is 18.9 Å². The Morgan fingerprint density at radius 3 is 2.57 bits per heavy atom. The number of hydrogen-bond acceptors (Lipinski definition) is 2. The van der Waals surface area contributed by atoms with Crippen molar-refractivity contribution in [1.82, 2.24) is 0 Å². The van der Waals surface area contributed by atoms with Crippen molar-refractivity contribution in [2.75, 3.05) is 0 Å². The molecule has 1 heterocycles. The van der Waals surface area contributed by atoms with E-state index in [9.17, 15) is 13.9 Å². The van der Waals surface area contributed by atoms with Gasteiger partial charge in [0.05, 0.1) is 0 Å². The van der Waals surface area contributed by atoms with Crippen LogP contribution in [0.2, 0.25) is 0 Å².